The highest BCUT2D eigenvalue weighted by molar-refractivity contribution is 7.18. The zero-order chi connectivity index (χ0) is 16.1. The molecule has 23 heavy (non-hydrogen) atoms. The second-order valence-electron chi connectivity index (χ2n) is 5.46. The van der Waals surface area contributed by atoms with Gasteiger partial charge in [-0.1, -0.05) is 37.3 Å². The van der Waals surface area contributed by atoms with E-state index in [0.717, 1.165) is 21.4 Å². The number of hydrogen-bond donors (Lipinski definition) is 1. The molecule has 0 aliphatic carbocycles. The molecule has 0 fully saturated rings. The lowest BCUT2D eigenvalue weighted by atomic mass is 10.2. The molecule has 5 nitrogen and oxygen atoms in total. The smallest absolute Gasteiger partial charge is 0.215 e. The van der Waals surface area contributed by atoms with Crippen molar-refractivity contribution < 1.29 is 4.74 Å². The number of ether oxygens (including phenoxy) is 1. The van der Waals surface area contributed by atoms with Crippen LogP contribution in [0.4, 0.5) is 10.9 Å². The van der Waals surface area contributed by atoms with Gasteiger partial charge in [-0.15, -0.1) is 0 Å². The van der Waals surface area contributed by atoms with E-state index in [4.69, 9.17) is 4.74 Å². The molecule has 0 aliphatic rings. The Labute approximate surface area is 139 Å². The summed E-state index contributed by atoms with van der Waals surface area (Å²) in [5.41, 5.74) is 1.06. The van der Waals surface area contributed by atoms with E-state index in [-0.39, 0.29) is 0 Å². The average Bonchev–Trinajstić information content (AvgIpc) is 3.03. The minimum absolute atomic E-state index is 0.467. The molecule has 6 heteroatoms. The molecule has 3 heterocycles. The Morgan fingerprint density at radius 3 is 2.87 bits per heavy atom. The highest BCUT2D eigenvalue weighted by atomic mass is 32.1. The monoisotopic (exact) mass is 326 g/mol. The first-order valence-electron chi connectivity index (χ1n) is 7.44. The highest BCUT2D eigenvalue weighted by Crippen LogP contribution is 2.29. The lowest BCUT2D eigenvalue weighted by molar-refractivity contribution is 0.262. The van der Waals surface area contributed by atoms with E-state index in [0.29, 0.717) is 18.4 Å². The summed E-state index contributed by atoms with van der Waals surface area (Å²) in [6.07, 6.45) is 5.43. The van der Waals surface area contributed by atoms with Crippen LogP contribution in [0.1, 0.15) is 13.8 Å². The number of rotatable bonds is 6. The van der Waals surface area contributed by atoms with Crippen LogP contribution in [-0.4, -0.2) is 21.6 Å². The predicted octanol–water partition coefficient (Wildman–Crippen LogP) is 4.38. The third-order valence-corrected chi connectivity index (χ3v) is 3.94. The summed E-state index contributed by atoms with van der Waals surface area (Å²) in [6, 6.07) is 9.60. The van der Waals surface area contributed by atoms with Gasteiger partial charge in [-0.25, -0.2) is 4.98 Å². The fraction of sp³-hybridized carbons (Fsp3) is 0.235. The first-order valence-corrected chi connectivity index (χ1v) is 8.25. The molecule has 0 unspecified atom stereocenters. The summed E-state index contributed by atoms with van der Waals surface area (Å²) >= 11 is 1.56. The summed E-state index contributed by atoms with van der Waals surface area (Å²) in [6.45, 7) is 4.87. The van der Waals surface area contributed by atoms with Crippen molar-refractivity contribution in [3.8, 4) is 16.3 Å². The van der Waals surface area contributed by atoms with Crippen molar-refractivity contribution >= 4 is 22.3 Å². The average molecular weight is 326 g/mol. The van der Waals surface area contributed by atoms with Gasteiger partial charge in [-0.05, 0) is 18.1 Å². The van der Waals surface area contributed by atoms with Gasteiger partial charge in [0.15, 0.2) is 5.13 Å². The van der Waals surface area contributed by atoms with Gasteiger partial charge < -0.3 is 10.1 Å². The molecule has 0 bridgehead atoms. The molecule has 0 amide bonds. The molecule has 0 saturated carbocycles. The minimum atomic E-state index is 0.467. The van der Waals surface area contributed by atoms with Gasteiger partial charge in [0.25, 0.3) is 0 Å². The molecule has 0 atom stereocenters. The number of nitrogens with zero attached hydrogens (tertiary/aromatic N) is 3. The van der Waals surface area contributed by atoms with Gasteiger partial charge in [-0.3, -0.25) is 4.98 Å². The van der Waals surface area contributed by atoms with Crippen LogP contribution in [0.3, 0.4) is 0 Å². The Balaban J connectivity index is 1.70. The highest BCUT2D eigenvalue weighted by Gasteiger charge is 2.06. The normalized spacial score (nSPS) is 10.7. The van der Waals surface area contributed by atoms with Crippen LogP contribution in [0.15, 0.2) is 48.9 Å². The Morgan fingerprint density at radius 2 is 2.09 bits per heavy atom. The molecule has 3 rings (SSSR count). The largest absolute Gasteiger partial charge is 0.477 e. The molecule has 0 saturated heterocycles. The summed E-state index contributed by atoms with van der Waals surface area (Å²) in [5, 5.41) is 4.01. The topological polar surface area (TPSA) is 59.9 Å². The maximum absolute atomic E-state index is 5.64. The van der Waals surface area contributed by atoms with E-state index < -0.39 is 0 Å². The fourth-order valence-electron chi connectivity index (χ4n) is 1.90. The summed E-state index contributed by atoms with van der Waals surface area (Å²) < 4.78 is 5.64. The fourth-order valence-corrected chi connectivity index (χ4v) is 2.71. The van der Waals surface area contributed by atoms with Crippen molar-refractivity contribution in [1.29, 1.82) is 0 Å². The van der Waals surface area contributed by atoms with E-state index in [9.17, 15) is 0 Å². The zero-order valence-corrected chi connectivity index (χ0v) is 13.9. The number of aromatic nitrogens is 3. The number of hydrogen-bond acceptors (Lipinski definition) is 6. The third kappa shape index (κ3) is 4.26. The van der Waals surface area contributed by atoms with Crippen molar-refractivity contribution in [2.24, 2.45) is 5.92 Å². The van der Waals surface area contributed by atoms with Crippen molar-refractivity contribution in [2.45, 2.75) is 13.8 Å². The summed E-state index contributed by atoms with van der Waals surface area (Å²) in [7, 11) is 0. The van der Waals surface area contributed by atoms with Gasteiger partial charge in [0.2, 0.25) is 5.88 Å². The van der Waals surface area contributed by atoms with Gasteiger partial charge in [0.05, 0.1) is 11.5 Å². The molecule has 0 aliphatic heterocycles. The predicted molar refractivity (Wildman–Crippen MR) is 93.2 cm³/mol. The number of nitrogens with one attached hydrogen (secondary N) is 1. The van der Waals surface area contributed by atoms with Crippen LogP contribution in [0, 0.1) is 5.92 Å². The van der Waals surface area contributed by atoms with Crippen LogP contribution in [-0.2, 0) is 0 Å². The Bertz CT molecular complexity index is 758. The summed E-state index contributed by atoms with van der Waals surface area (Å²) in [5.74, 6) is 1.81. The Kier molecular flexibility index (Phi) is 4.83. The lowest BCUT2D eigenvalue weighted by Gasteiger charge is -2.09. The van der Waals surface area contributed by atoms with Gasteiger partial charge in [0.1, 0.15) is 5.82 Å². The van der Waals surface area contributed by atoms with E-state index >= 15 is 0 Å². The van der Waals surface area contributed by atoms with Crippen molar-refractivity contribution in [3.05, 3.63) is 48.9 Å². The molecule has 0 radical (unpaired) electrons. The van der Waals surface area contributed by atoms with Crippen molar-refractivity contribution in [3.63, 3.8) is 0 Å². The second-order valence-corrected chi connectivity index (χ2v) is 6.49. The first-order chi connectivity index (χ1) is 11.2. The van der Waals surface area contributed by atoms with Crippen LogP contribution >= 0.6 is 11.3 Å². The summed E-state index contributed by atoms with van der Waals surface area (Å²) in [4.78, 5) is 14.0. The third-order valence-electron chi connectivity index (χ3n) is 2.97. The number of anilines is 2. The Morgan fingerprint density at radius 1 is 1.17 bits per heavy atom. The van der Waals surface area contributed by atoms with E-state index in [1.165, 1.54) is 0 Å². The van der Waals surface area contributed by atoms with Crippen LogP contribution < -0.4 is 10.1 Å². The molecule has 3 aromatic rings. The SMILES string of the molecule is CC(C)COc1cccc(Nc2ncc(-c3cccnc3)s2)n1. The maximum atomic E-state index is 5.64. The van der Waals surface area contributed by atoms with E-state index in [1.807, 2.05) is 42.7 Å². The Hall–Kier alpha value is -2.47. The van der Waals surface area contributed by atoms with Crippen LogP contribution in [0.2, 0.25) is 0 Å². The van der Waals surface area contributed by atoms with Crippen LogP contribution in [0.25, 0.3) is 10.4 Å². The molecular formula is C17H18N4OS. The molecular weight excluding hydrogens is 308 g/mol. The van der Waals surface area contributed by atoms with Gasteiger partial charge in [0, 0.05) is 30.2 Å². The van der Waals surface area contributed by atoms with Crippen LogP contribution in [0.5, 0.6) is 5.88 Å². The molecule has 3 aromatic heterocycles. The molecule has 118 valence electrons. The van der Waals surface area contributed by atoms with Gasteiger partial charge in [-0.2, -0.15) is 4.98 Å². The van der Waals surface area contributed by atoms with Crippen molar-refractivity contribution in [2.75, 3.05) is 11.9 Å². The molecule has 0 spiro atoms. The zero-order valence-electron chi connectivity index (χ0n) is 13.1. The minimum Gasteiger partial charge on any atom is -0.477 e. The lowest BCUT2D eigenvalue weighted by Crippen LogP contribution is -2.06. The number of pyridine rings is 2. The maximum Gasteiger partial charge on any atom is 0.215 e. The second kappa shape index (κ2) is 7.19. The first kappa shape index (κ1) is 15.4. The molecule has 0 aromatic carbocycles. The number of thiazole rings is 1. The van der Waals surface area contributed by atoms with Gasteiger partial charge >= 0.3 is 0 Å². The standard InChI is InChI=1S/C17H18N4OS/c1-12(2)11-22-16-7-3-6-15(20-16)21-17-19-10-14(23-17)13-5-4-8-18-9-13/h3-10,12H,11H2,1-2H3,(H,19,20,21). The quantitative estimate of drug-likeness (QED) is 0.728. The molecule has 1 N–H and O–H groups in total. The van der Waals surface area contributed by atoms with E-state index in [2.05, 4.69) is 34.1 Å². The van der Waals surface area contributed by atoms with Crippen molar-refractivity contribution in [1.82, 2.24) is 15.0 Å². The van der Waals surface area contributed by atoms with E-state index in [1.54, 1.807) is 17.5 Å².